The number of benzene rings is 1. The van der Waals surface area contributed by atoms with E-state index in [9.17, 15) is 14.7 Å². The van der Waals surface area contributed by atoms with Gasteiger partial charge in [-0.2, -0.15) is 0 Å². The van der Waals surface area contributed by atoms with Gasteiger partial charge in [-0.05, 0) is 32.9 Å². The third kappa shape index (κ3) is 3.68. The number of nitrogens with zero attached hydrogens (tertiary/aromatic N) is 4. The van der Waals surface area contributed by atoms with E-state index in [4.69, 9.17) is 4.74 Å². The SMILES string of the molecule is CCOC(=O)/C(N=Nc1c(C)n(C)n(-c2ccccc2)c1=O)=C(\C)O. The summed E-state index contributed by atoms with van der Waals surface area (Å²) >= 11 is 0. The summed E-state index contributed by atoms with van der Waals surface area (Å²) in [5.41, 5.74) is 0.606. The number of azo groups is 1. The van der Waals surface area contributed by atoms with Gasteiger partial charge >= 0.3 is 5.97 Å². The first-order chi connectivity index (χ1) is 11.9. The van der Waals surface area contributed by atoms with Crippen LogP contribution in [-0.4, -0.2) is 27.0 Å². The fourth-order valence-electron chi connectivity index (χ4n) is 2.23. The average Bonchev–Trinajstić information content (AvgIpc) is 2.79. The lowest BCUT2D eigenvalue weighted by atomic mass is 10.3. The summed E-state index contributed by atoms with van der Waals surface area (Å²) in [6, 6.07) is 9.09. The van der Waals surface area contributed by atoms with E-state index in [-0.39, 0.29) is 29.3 Å². The van der Waals surface area contributed by atoms with Gasteiger partial charge in [-0.25, -0.2) is 9.48 Å². The van der Waals surface area contributed by atoms with Gasteiger partial charge in [0, 0.05) is 7.05 Å². The molecule has 0 aliphatic rings. The molecule has 0 fully saturated rings. The van der Waals surface area contributed by atoms with Gasteiger partial charge in [0.05, 0.1) is 18.0 Å². The van der Waals surface area contributed by atoms with Crippen molar-refractivity contribution in [3.8, 4) is 5.69 Å². The van der Waals surface area contributed by atoms with Crippen LogP contribution in [0.4, 0.5) is 5.69 Å². The van der Waals surface area contributed by atoms with Crippen LogP contribution in [0.5, 0.6) is 0 Å². The van der Waals surface area contributed by atoms with Gasteiger partial charge in [0.15, 0.2) is 5.69 Å². The van der Waals surface area contributed by atoms with Gasteiger partial charge < -0.3 is 9.84 Å². The topological polar surface area (TPSA) is 98.2 Å². The minimum absolute atomic E-state index is 0.0781. The highest BCUT2D eigenvalue weighted by Gasteiger charge is 2.18. The maximum Gasteiger partial charge on any atom is 0.362 e. The van der Waals surface area contributed by atoms with E-state index in [0.717, 1.165) is 0 Å². The van der Waals surface area contributed by atoms with Gasteiger partial charge in [0.1, 0.15) is 5.76 Å². The zero-order valence-corrected chi connectivity index (χ0v) is 14.6. The number of esters is 1. The van der Waals surface area contributed by atoms with Gasteiger partial charge in [-0.1, -0.05) is 18.2 Å². The second-order valence-corrected chi connectivity index (χ2v) is 5.26. The molecule has 0 saturated carbocycles. The number of hydrogen-bond donors (Lipinski definition) is 1. The average molecular weight is 344 g/mol. The second kappa shape index (κ2) is 7.61. The summed E-state index contributed by atoms with van der Waals surface area (Å²) in [6.07, 6.45) is 0. The summed E-state index contributed by atoms with van der Waals surface area (Å²) in [4.78, 5) is 24.5. The van der Waals surface area contributed by atoms with Crippen LogP contribution in [0.15, 0.2) is 56.8 Å². The van der Waals surface area contributed by atoms with E-state index < -0.39 is 5.97 Å². The minimum atomic E-state index is -0.803. The van der Waals surface area contributed by atoms with E-state index in [1.54, 1.807) is 37.7 Å². The van der Waals surface area contributed by atoms with E-state index in [1.165, 1.54) is 11.6 Å². The number of rotatable bonds is 5. The molecule has 0 spiro atoms. The molecule has 0 saturated heterocycles. The van der Waals surface area contributed by atoms with Crippen molar-refractivity contribution < 1.29 is 14.6 Å². The van der Waals surface area contributed by atoms with Crippen LogP contribution in [0.25, 0.3) is 5.69 Å². The van der Waals surface area contributed by atoms with Crippen LogP contribution in [0.1, 0.15) is 19.5 Å². The molecule has 1 heterocycles. The zero-order chi connectivity index (χ0) is 18.6. The molecule has 25 heavy (non-hydrogen) atoms. The van der Waals surface area contributed by atoms with Gasteiger partial charge in [-0.3, -0.25) is 9.48 Å². The van der Waals surface area contributed by atoms with Crippen molar-refractivity contribution in [2.75, 3.05) is 6.61 Å². The van der Waals surface area contributed by atoms with Crippen LogP contribution < -0.4 is 5.56 Å². The molecule has 1 aromatic carbocycles. The molecule has 0 aliphatic carbocycles. The number of aromatic nitrogens is 2. The number of para-hydroxylation sites is 1. The van der Waals surface area contributed by atoms with Crippen LogP contribution in [0.2, 0.25) is 0 Å². The molecule has 2 rings (SSSR count). The van der Waals surface area contributed by atoms with Gasteiger partial charge in [0.2, 0.25) is 5.70 Å². The van der Waals surface area contributed by atoms with Crippen molar-refractivity contribution in [1.82, 2.24) is 9.36 Å². The summed E-state index contributed by atoms with van der Waals surface area (Å²) in [7, 11) is 1.72. The van der Waals surface area contributed by atoms with Crippen LogP contribution in [0.3, 0.4) is 0 Å². The molecule has 0 unspecified atom stereocenters. The zero-order valence-electron chi connectivity index (χ0n) is 14.6. The third-order valence-corrected chi connectivity index (χ3v) is 3.59. The summed E-state index contributed by atoms with van der Waals surface area (Å²) in [5, 5.41) is 17.2. The molecule has 0 amide bonds. The lowest BCUT2D eigenvalue weighted by Gasteiger charge is -2.07. The Bertz CT molecular complexity index is 887. The molecular formula is C17H20N4O4. The van der Waals surface area contributed by atoms with Crippen molar-refractivity contribution in [2.45, 2.75) is 20.8 Å². The second-order valence-electron chi connectivity index (χ2n) is 5.26. The fourth-order valence-corrected chi connectivity index (χ4v) is 2.23. The highest BCUT2D eigenvalue weighted by Crippen LogP contribution is 2.19. The Morgan fingerprint density at radius 2 is 1.92 bits per heavy atom. The van der Waals surface area contributed by atoms with Gasteiger partial charge in [-0.15, -0.1) is 10.2 Å². The Balaban J connectivity index is 2.50. The van der Waals surface area contributed by atoms with Crippen molar-refractivity contribution in [3.63, 3.8) is 0 Å². The van der Waals surface area contributed by atoms with Crippen molar-refractivity contribution >= 4 is 11.7 Å². The van der Waals surface area contributed by atoms with Gasteiger partial charge in [0.25, 0.3) is 5.56 Å². The normalized spacial score (nSPS) is 12.3. The molecule has 1 N–H and O–H groups in total. The number of carbonyl (C=O) groups excluding carboxylic acids is 1. The predicted octanol–water partition coefficient (Wildman–Crippen LogP) is 2.92. The Morgan fingerprint density at radius 3 is 2.48 bits per heavy atom. The first-order valence-corrected chi connectivity index (χ1v) is 7.71. The Hall–Kier alpha value is -3.16. The highest BCUT2D eigenvalue weighted by atomic mass is 16.5. The number of carbonyl (C=O) groups is 1. The van der Waals surface area contributed by atoms with E-state index in [0.29, 0.717) is 11.4 Å². The number of allylic oxidation sites excluding steroid dienone is 1. The highest BCUT2D eigenvalue weighted by molar-refractivity contribution is 5.88. The van der Waals surface area contributed by atoms with Crippen molar-refractivity contribution in [1.29, 1.82) is 0 Å². The Kier molecular flexibility index (Phi) is 5.53. The summed E-state index contributed by atoms with van der Waals surface area (Å²) in [6.45, 7) is 4.79. The summed E-state index contributed by atoms with van der Waals surface area (Å²) < 4.78 is 7.91. The smallest absolute Gasteiger partial charge is 0.362 e. The molecule has 8 heteroatoms. The minimum Gasteiger partial charge on any atom is -0.510 e. The predicted molar refractivity (Wildman–Crippen MR) is 92.2 cm³/mol. The lowest BCUT2D eigenvalue weighted by molar-refractivity contribution is -0.138. The first kappa shape index (κ1) is 18.2. The Labute approximate surface area is 144 Å². The van der Waals surface area contributed by atoms with E-state index in [1.807, 2.05) is 18.2 Å². The maximum atomic E-state index is 12.7. The molecule has 132 valence electrons. The molecular weight excluding hydrogens is 324 g/mol. The molecule has 0 atom stereocenters. The fraction of sp³-hybridized carbons (Fsp3) is 0.294. The quantitative estimate of drug-likeness (QED) is 0.390. The third-order valence-electron chi connectivity index (χ3n) is 3.59. The lowest BCUT2D eigenvalue weighted by Crippen LogP contribution is -2.19. The summed E-state index contributed by atoms with van der Waals surface area (Å²) in [5.74, 6) is -1.14. The molecule has 0 bridgehead atoms. The molecule has 8 nitrogen and oxygen atoms in total. The van der Waals surface area contributed by atoms with Crippen molar-refractivity contribution in [3.05, 3.63) is 57.8 Å². The van der Waals surface area contributed by atoms with Crippen LogP contribution in [-0.2, 0) is 16.6 Å². The van der Waals surface area contributed by atoms with E-state index >= 15 is 0 Å². The Morgan fingerprint density at radius 1 is 1.28 bits per heavy atom. The molecule has 2 aromatic rings. The van der Waals surface area contributed by atoms with Crippen LogP contribution in [0, 0.1) is 6.92 Å². The number of ether oxygens (including phenoxy) is 1. The standard InChI is InChI=1S/C17H20N4O4/c1-5-25-17(24)15(12(3)22)19-18-14-11(2)20(4)21(16(14)23)13-9-7-6-8-10-13/h6-10,22H,5H2,1-4H3/b15-12-,19-18?. The molecule has 1 aromatic heterocycles. The van der Waals surface area contributed by atoms with E-state index in [2.05, 4.69) is 10.2 Å². The number of aliphatic hydroxyl groups excluding tert-OH is 1. The maximum absolute atomic E-state index is 12.7. The van der Waals surface area contributed by atoms with Crippen LogP contribution >= 0.6 is 0 Å². The molecule has 0 aliphatic heterocycles. The first-order valence-electron chi connectivity index (χ1n) is 7.71. The van der Waals surface area contributed by atoms with Crippen molar-refractivity contribution in [2.24, 2.45) is 17.3 Å². The monoisotopic (exact) mass is 344 g/mol. The number of aliphatic hydroxyl groups is 1. The number of hydrogen-bond acceptors (Lipinski definition) is 6. The largest absolute Gasteiger partial charge is 0.510 e. The molecule has 0 radical (unpaired) electrons.